The van der Waals surface area contributed by atoms with Crippen molar-refractivity contribution in [2.75, 3.05) is 18.9 Å². The van der Waals surface area contributed by atoms with Crippen molar-refractivity contribution >= 4 is 28.1 Å². The number of unbranched alkanes of at least 4 members (excludes halogenated alkanes) is 3. The summed E-state index contributed by atoms with van der Waals surface area (Å²) in [6, 6.07) is 0. The van der Waals surface area contributed by atoms with Crippen LogP contribution in [-0.4, -0.2) is 29.9 Å². The van der Waals surface area contributed by atoms with E-state index in [-0.39, 0.29) is 12.3 Å². The van der Waals surface area contributed by atoms with Crippen molar-refractivity contribution in [3.05, 3.63) is 11.1 Å². The Kier molecular flexibility index (Phi) is 7.64. The number of carbonyl (C=O) groups is 1. The smallest absolute Gasteiger partial charge is 0.362 e. The van der Waals surface area contributed by atoms with Gasteiger partial charge in [0.1, 0.15) is 12.3 Å². The van der Waals surface area contributed by atoms with E-state index in [1.54, 1.807) is 12.3 Å². The predicted molar refractivity (Wildman–Crippen MR) is 79.8 cm³/mol. The number of aromatic nitrogens is 1. The largest absolute Gasteiger partial charge is 0.461 e. The fourth-order valence-corrected chi connectivity index (χ4v) is 2.04. The molecule has 1 heterocycles. The van der Waals surface area contributed by atoms with Gasteiger partial charge in [0.2, 0.25) is 5.71 Å². The molecule has 0 fully saturated rings. The second-order valence-corrected chi connectivity index (χ2v) is 5.01. The molecule has 0 aliphatic carbocycles. The topological polar surface area (TPSA) is 86.8 Å². The van der Waals surface area contributed by atoms with Crippen LogP contribution < -0.4 is 5.73 Å². The van der Waals surface area contributed by atoms with E-state index >= 15 is 0 Å². The Hall–Kier alpha value is -1.63. The highest BCUT2D eigenvalue weighted by Gasteiger charge is 2.19. The lowest BCUT2D eigenvalue weighted by molar-refractivity contribution is -0.135. The average molecular weight is 299 g/mol. The van der Waals surface area contributed by atoms with Gasteiger partial charge in [-0.25, -0.2) is 9.78 Å². The van der Waals surface area contributed by atoms with Gasteiger partial charge in [-0.2, -0.15) is 0 Å². The van der Waals surface area contributed by atoms with Crippen LogP contribution in [0.2, 0.25) is 0 Å². The number of hydrogen-bond acceptors (Lipinski definition) is 7. The summed E-state index contributed by atoms with van der Waals surface area (Å²) >= 11 is 1.24. The SMILES string of the molecule is CCCCCCO/N=C(/C(=O)OCC)c1csc(N)n1. The summed E-state index contributed by atoms with van der Waals surface area (Å²) in [7, 11) is 0. The molecule has 0 aliphatic rings. The molecular formula is C13H21N3O3S. The molecule has 0 aromatic carbocycles. The maximum Gasteiger partial charge on any atom is 0.362 e. The summed E-state index contributed by atoms with van der Waals surface area (Å²) in [6.45, 7) is 4.62. The normalized spacial score (nSPS) is 11.4. The van der Waals surface area contributed by atoms with Crippen LogP contribution >= 0.6 is 11.3 Å². The maximum atomic E-state index is 11.8. The molecular weight excluding hydrogens is 278 g/mol. The van der Waals surface area contributed by atoms with Crippen molar-refractivity contribution in [2.45, 2.75) is 39.5 Å². The van der Waals surface area contributed by atoms with E-state index in [2.05, 4.69) is 17.1 Å². The van der Waals surface area contributed by atoms with Crippen LogP contribution in [-0.2, 0) is 14.4 Å². The molecule has 1 aromatic rings. The molecule has 0 bridgehead atoms. The lowest BCUT2D eigenvalue weighted by Gasteiger charge is -2.04. The Labute approximate surface area is 123 Å². The number of anilines is 1. The number of nitrogens with two attached hydrogens (primary N) is 1. The molecule has 2 N–H and O–H groups in total. The van der Waals surface area contributed by atoms with E-state index < -0.39 is 5.97 Å². The minimum atomic E-state index is -0.550. The molecule has 0 radical (unpaired) electrons. The fourth-order valence-electron chi connectivity index (χ4n) is 1.49. The van der Waals surface area contributed by atoms with Gasteiger partial charge in [0.15, 0.2) is 5.13 Å². The van der Waals surface area contributed by atoms with E-state index in [4.69, 9.17) is 15.3 Å². The number of thiazole rings is 1. The van der Waals surface area contributed by atoms with Crippen LogP contribution in [0.5, 0.6) is 0 Å². The van der Waals surface area contributed by atoms with Crippen LogP contribution in [0.4, 0.5) is 5.13 Å². The predicted octanol–water partition coefficient (Wildman–Crippen LogP) is 2.59. The number of nitrogen functional groups attached to an aromatic ring is 1. The van der Waals surface area contributed by atoms with Gasteiger partial charge < -0.3 is 15.3 Å². The number of hydrogen-bond donors (Lipinski definition) is 1. The molecule has 0 amide bonds. The number of oxime groups is 1. The average Bonchev–Trinajstić information content (AvgIpc) is 2.84. The van der Waals surface area contributed by atoms with Crippen LogP contribution in [0, 0.1) is 0 Å². The molecule has 0 saturated carbocycles. The Morgan fingerprint density at radius 2 is 2.20 bits per heavy atom. The first kappa shape index (κ1) is 16.4. The van der Waals surface area contributed by atoms with Crippen LogP contribution in [0.1, 0.15) is 45.2 Å². The zero-order valence-corrected chi connectivity index (χ0v) is 12.7. The lowest BCUT2D eigenvalue weighted by atomic mass is 10.2. The van der Waals surface area contributed by atoms with Crippen LogP contribution in [0.15, 0.2) is 10.5 Å². The van der Waals surface area contributed by atoms with E-state index in [9.17, 15) is 4.79 Å². The Morgan fingerprint density at radius 3 is 2.80 bits per heavy atom. The third-order valence-corrected chi connectivity index (χ3v) is 3.15. The molecule has 0 saturated heterocycles. The molecule has 20 heavy (non-hydrogen) atoms. The van der Waals surface area contributed by atoms with Crippen molar-refractivity contribution in [3.63, 3.8) is 0 Å². The monoisotopic (exact) mass is 299 g/mol. The van der Waals surface area contributed by atoms with Crippen molar-refractivity contribution < 1.29 is 14.4 Å². The second-order valence-electron chi connectivity index (χ2n) is 4.13. The molecule has 7 heteroatoms. The first-order valence-corrected chi connectivity index (χ1v) is 7.65. The third kappa shape index (κ3) is 5.56. The van der Waals surface area contributed by atoms with E-state index in [0.29, 0.717) is 17.4 Å². The Bertz CT molecular complexity index is 446. The summed E-state index contributed by atoms with van der Waals surface area (Å²) in [5, 5.41) is 5.89. The maximum absolute atomic E-state index is 11.8. The molecule has 0 aliphatic heterocycles. The fraction of sp³-hybridized carbons (Fsp3) is 0.615. The number of rotatable bonds is 9. The Morgan fingerprint density at radius 1 is 1.40 bits per heavy atom. The summed E-state index contributed by atoms with van der Waals surface area (Å²) < 4.78 is 4.94. The highest BCUT2D eigenvalue weighted by molar-refractivity contribution is 7.13. The summed E-state index contributed by atoms with van der Waals surface area (Å²) in [5.74, 6) is -0.550. The Balaban J connectivity index is 2.60. The quantitative estimate of drug-likeness (QED) is 0.328. The van der Waals surface area contributed by atoms with Crippen molar-refractivity contribution in [3.8, 4) is 0 Å². The summed E-state index contributed by atoms with van der Waals surface area (Å²) in [6.07, 6.45) is 4.33. The third-order valence-electron chi connectivity index (χ3n) is 2.48. The summed E-state index contributed by atoms with van der Waals surface area (Å²) in [4.78, 5) is 21.0. The molecule has 0 unspecified atom stereocenters. The minimum Gasteiger partial charge on any atom is -0.461 e. The number of carbonyl (C=O) groups excluding carboxylic acids is 1. The van der Waals surface area contributed by atoms with Crippen molar-refractivity contribution in [1.29, 1.82) is 0 Å². The zero-order chi connectivity index (χ0) is 14.8. The molecule has 0 atom stereocenters. The number of esters is 1. The lowest BCUT2D eigenvalue weighted by Crippen LogP contribution is -2.20. The van der Waals surface area contributed by atoms with Gasteiger partial charge in [-0.05, 0) is 19.8 Å². The van der Waals surface area contributed by atoms with Crippen LogP contribution in [0.3, 0.4) is 0 Å². The van der Waals surface area contributed by atoms with Gasteiger partial charge in [-0.3, -0.25) is 0 Å². The van der Waals surface area contributed by atoms with Crippen molar-refractivity contribution in [1.82, 2.24) is 4.98 Å². The summed E-state index contributed by atoms with van der Waals surface area (Å²) in [5.41, 5.74) is 6.01. The van der Waals surface area contributed by atoms with Gasteiger partial charge in [0, 0.05) is 5.38 Å². The first-order valence-electron chi connectivity index (χ1n) is 6.77. The van der Waals surface area contributed by atoms with E-state index in [1.807, 2.05) is 0 Å². The van der Waals surface area contributed by atoms with Gasteiger partial charge in [-0.1, -0.05) is 24.9 Å². The molecule has 6 nitrogen and oxygen atoms in total. The van der Waals surface area contributed by atoms with E-state index in [1.165, 1.54) is 17.8 Å². The molecule has 1 aromatic heterocycles. The zero-order valence-electron chi connectivity index (χ0n) is 11.9. The highest BCUT2D eigenvalue weighted by Crippen LogP contribution is 2.13. The molecule has 0 spiro atoms. The van der Waals surface area contributed by atoms with E-state index in [0.717, 1.165) is 19.3 Å². The minimum absolute atomic E-state index is 0.0651. The molecule has 1 rings (SSSR count). The number of ether oxygens (including phenoxy) is 1. The van der Waals surface area contributed by atoms with Gasteiger partial charge in [-0.15, -0.1) is 11.3 Å². The van der Waals surface area contributed by atoms with Crippen molar-refractivity contribution in [2.24, 2.45) is 5.16 Å². The number of nitrogens with zero attached hydrogens (tertiary/aromatic N) is 2. The highest BCUT2D eigenvalue weighted by atomic mass is 32.1. The molecule has 112 valence electrons. The van der Waals surface area contributed by atoms with Gasteiger partial charge in [0.05, 0.1) is 6.61 Å². The second kappa shape index (κ2) is 9.30. The van der Waals surface area contributed by atoms with Gasteiger partial charge >= 0.3 is 5.97 Å². The standard InChI is InChI=1S/C13H21N3O3S/c1-3-5-6-7-8-19-16-11(12(17)18-4-2)10-9-20-13(14)15-10/h9H,3-8H2,1-2H3,(H2,14,15)/b16-11+. The van der Waals surface area contributed by atoms with Gasteiger partial charge in [0.25, 0.3) is 0 Å². The first-order chi connectivity index (χ1) is 9.69. The van der Waals surface area contributed by atoms with Crippen LogP contribution in [0.25, 0.3) is 0 Å².